The number of benzene rings is 1. The number of hydrogen-bond acceptors (Lipinski definition) is 1. The van der Waals surface area contributed by atoms with Crippen molar-refractivity contribution in [3.8, 4) is 0 Å². The molecule has 20 heavy (non-hydrogen) atoms. The summed E-state index contributed by atoms with van der Waals surface area (Å²) in [5, 5.41) is 2.34. The molecule has 1 aromatic carbocycles. The molecule has 5 heteroatoms. The number of fused-ring (bicyclic) bond motifs is 2. The molecule has 0 radical (unpaired) electrons. The second kappa shape index (κ2) is 5.11. The van der Waals surface area contributed by atoms with Crippen molar-refractivity contribution >= 4 is 11.6 Å². The molecule has 0 aliphatic heterocycles. The average molecular weight is 283 g/mol. The summed E-state index contributed by atoms with van der Waals surface area (Å²) in [7, 11) is 0. The number of anilines is 1. The van der Waals surface area contributed by atoms with E-state index in [-0.39, 0.29) is 11.6 Å². The Kier molecular flexibility index (Phi) is 3.44. The Balaban J connectivity index is 1.63. The van der Waals surface area contributed by atoms with Crippen LogP contribution in [0.15, 0.2) is 12.1 Å². The molecule has 2 bridgehead atoms. The Labute approximate surface area is 115 Å². The topological polar surface area (TPSA) is 29.1 Å². The van der Waals surface area contributed by atoms with Crippen molar-refractivity contribution in [2.24, 2.45) is 17.8 Å². The zero-order valence-corrected chi connectivity index (χ0v) is 11.0. The number of rotatable bonds is 3. The number of carbonyl (C=O) groups is 1. The summed E-state index contributed by atoms with van der Waals surface area (Å²) in [6.07, 6.45) is 5.00. The van der Waals surface area contributed by atoms with Crippen molar-refractivity contribution in [3.63, 3.8) is 0 Å². The fourth-order valence-corrected chi connectivity index (χ4v) is 3.69. The minimum atomic E-state index is -1.55. The van der Waals surface area contributed by atoms with Gasteiger partial charge in [0.2, 0.25) is 5.91 Å². The minimum Gasteiger partial charge on any atom is -0.323 e. The van der Waals surface area contributed by atoms with Gasteiger partial charge >= 0.3 is 0 Å². The van der Waals surface area contributed by atoms with Gasteiger partial charge in [-0.25, -0.2) is 13.2 Å². The lowest BCUT2D eigenvalue weighted by atomic mass is 9.86. The van der Waals surface area contributed by atoms with Gasteiger partial charge in [0.25, 0.3) is 0 Å². The molecule has 108 valence electrons. The smallest absolute Gasteiger partial charge is 0.224 e. The molecular weight excluding hydrogens is 267 g/mol. The maximum atomic E-state index is 13.5. The maximum Gasteiger partial charge on any atom is 0.224 e. The third-order valence-electron chi connectivity index (χ3n) is 4.64. The van der Waals surface area contributed by atoms with Crippen molar-refractivity contribution in [1.29, 1.82) is 0 Å². The number of hydrogen-bond donors (Lipinski definition) is 1. The zero-order chi connectivity index (χ0) is 14.3. The van der Waals surface area contributed by atoms with Gasteiger partial charge in [-0.1, -0.05) is 6.42 Å². The summed E-state index contributed by atoms with van der Waals surface area (Å²) in [5.41, 5.74) is -0.294. The molecule has 3 atom stereocenters. The summed E-state index contributed by atoms with van der Waals surface area (Å²) in [6.45, 7) is 0. The van der Waals surface area contributed by atoms with Gasteiger partial charge in [-0.3, -0.25) is 4.79 Å². The molecule has 0 heterocycles. The molecule has 3 rings (SSSR count). The normalized spacial score (nSPS) is 27.9. The highest BCUT2D eigenvalue weighted by molar-refractivity contribution is 5.91. The monoisotopic (exact) mass is 283 g/mol. The highest BCUT2D eigenvalue weighted by Gasteiger charge is 2.40. The maximum absolute atomic E-state index is 13.5. The molecule has 0 aromatic heterocycles. The summed E-state index contributed by atoms with van der Waals surface area (Å²) in [4.78, 5) is 11.9. The van der Waals surface area contributed by atoms with E-state index in [1.807, 2.05) is 0 Å². The molecule has 1 aromatic rings. The Morgan fingerprint density at radius 1 is 1.15 bits per heavy atom. The predicted octanol–water partition coefficient (Wildman–Crippen LogP) is 3.87. The first-order chi connectivity index (χ1) is 9.54. The first-order valence-corrected chi connectivity index (χ1v) is 6.98. The van der Waals surface area contributed by atoms with Crippen molar-refractivity contribution in [1.82, 2.24) is 0 Å². The third kappa shape index (κ3) is 2.41. The number of amides is 1. The van der Waals surface area contributed by atoms with Crippen molar-refractivity contribution in [2.75, 3.05) is 5.32 Å². The third-order valence-corrected chi connectivity index (χ3v) is 4.64. The van der Waals surface area contributed by atoms with E-state index < -0.39 is 17.5 Å². The van der Waals surface area contributed by atoms with Gasteiger partial charge in [-0.15, -0.1) is 0 Å². The quantitative estimate of drug-likeness (QED) is 0.838. The van der Waals surface area contributed by atoms with Gasteiger partial charge in [0.15, 0.2) is 17.5 Å². The Bertz CT molecular complexity index is 546. The number of nitrogens with one attached hydrogen (secondary N) is 1. The molecular formula is C15H16F3NO. The molecule has 0 saturated heterocycles. The lowest BCUT2D eigenvalue weighted by Crippen LogP contribution is -2.21. The first kappa shape index (κ1) is 13.5. The van der Waals surface area contributed by atoms with E-state index in [2.05, 4.69) is 5.32 Å². The SMILES string of the molecule is O=C(C[C@H]1C[C@@H]2CC[C@H]1C2)Nc1ccc(F)c(F)c1F. The summed E-state index contributed by atoms with van der Waals surface area (Å²) in [6, 6.07) is 1.86. The zero-order valence-electron chi connectivity index (χ0n) is 11.0. The van der Waals surface area contributed by atoms with E-state index >= 15 is 0 Å². The van der Waals surface area contributed by atoms with Crippen LogP contribution in [0.1, 0.15) is 32.1 Å². The summed E-state index contributed by atoms with van der Waals surface area (Å²) in [5.74, 6) is -2.80. The van der Waals surface area contributed by atoms with Crippen molar-refractivity contribution < 1.29 is 18.0 Å². The molecule has 2 aliphatic carbocycles. The first-order valence-electron chi connectivity index (χ1n) is 6.98. The molecule has 0 unspecified atom stereocenters. The van der Waals surface area contributed by atoms with Crippen LogP contribution < -0.4 is 5.32 Å². The molecule has 1 N–H and O–H groups in total. The highest BCUT2D eigenvalue weighted by atomic mass is 19.2. The van der Waals surface area contributed by atoms with Crippen LogP contribution in [0.4, 0.5) is 18.9 Å². The van der Waals surface area contributed by atoms with Crippen molar-refractivity contribution in [2.45, 2.75) is 32.1 Å². The average Bonchev–Trinajstić information content (AvgIpc) is 3.02. The standard InChI is InChI=1S/C15H16F3NO/c16-11-3-4-12(15(18)14(11)17)19-13(20)7-10-6-8-1-2-9(10)5-8/h3-4,8-10H,1-2,5-7H2,(H,19,20)/t8-,9+,10-/m1/s1. The molecule has 2 saturated carbocycles. The predicted molar refractivity (Wildman–Crippen MR) is 68.5 cm³/mol. The van der Waals surface area contributed by atoms with Gasteiger partial charge in [0, 0.05) is 6.42 Å². The molecule has 1 amide bonds. The summed E-state index contributed by atoms with van der Waals surface area (Å²) >= 11 is 0. The van der Waals surface area contributed by atoms with Gasteiger partial charge in [0.1, 0.15) is 0 Å². The lowest BCUT2D eigenvalue weighted by molar-refractivity contribution is -0.117. The van der Waals surface area contributed by atoms with Gasteiger partial charge in [-0.2, -0.15) is 0 Å². The number of halogens is 3. The molecule has 2 fully saturated rings. The Morgan fingerprint density at radius 2 is 1.95 bits per heavy atom. The van der Waals surface area contributed by atoms with Gasteiger partial charge in [0.05, 0.1) is 5.69 Å². The van der Waals surface area contributed by atoms with Crippen LogP contribution in [0.3, 0.4) is 0 Å². The van der Waals surface area contributed by atoms with E-state index in [1.54, 1.807) is 0 Å². The lowest BCUT2D eigenvalue weighted by Gasteiger charge is -2.21. The van der Waals surface area contributed by atoms with Crippen molar-refractivity contribution in [3.05, 3.63) is 29.6 Å². The highest BCUT2D eigenvalue weighted by Crippen LogP contribution is 2.49. The van der Waals surface area contributed by atoms with Crippen LogP contribution in [0.25, 0.3) is 0 Å². The van der Waals surface area contributed by atoms with Crippen LogP contribution in [0.2, 0.25) is 0 Å². The fourth-order valence-electron chi connectivity index (χ4n) is 3.69. The van der Waals surface area contributed by atoms with E-state index in [9.17, 15) is 18.0 Å². The van der Waals surface area contributed by atoms with Crippen LogP contribution in [-0.2, 0) is 4.79 Å². The minimum absolute atomic E-state index is 0.294. The second-order valence-electron chi connectivity index (χ2n) is 5.91. The number of carbonyl (C=O) groups excluding carboxylic acids is 1. The largest absolute Gasteiger partial charge is 0.323 e. The molecule has 2 aliphatic rings. The van der Waals surface area contributed by atoms with E-state index in [0.29, 0.717) is 18.3 Å². The van der Waals surface area contributed by atoms with E-state index in [0.717, 1.165) is 24.5 Å². The van der Waals surface area contributed by atoms with E-state index in [4.69, 9.17) is 0 Å². The fraction of sp³-hybridized carbons (Fsp3) is 0.533. The van der Waals surface area contributed by atoms with Crippen LogP contribution >= 0.6 is 0 Å². The van der Waals surface area contributed by atoms with Crippen LogP contribution in [0.5, 0.6) is 0 Å². The van der Waals surface area contributed by atoms with Crippen LogP contribution in [-0.4, -0.2) is 5.91 Å². The Hall–Kier alpha value is -1.52. The van der Waals surface area contributed by atoms with Gasteiger partial charge in [-0.05, 0) is 49.1 Å². The molecule has 2 nitrogen and oxygen atoms in total. The summed E-state index contributed by atoms with van der Waals surface area (Å²) < 4.78 is 39.3. The van der Waals surface area contributed by atoms with E-state index in [1.165, 1.54) is 19.3 Å². The molecule has 0 spiro atoms. The Morgan fingerprint density at radius 3 is 2.60 bits per heavy atom. The second-order valence-corrected chi connectivity index (χ2v) is 5.91. The van der Waals surface area contributed by atoms with Crippen LogP contribution in [0, 0.1) is 35.2 Å². The van der Waals surface area contributed by atoms with Gasteiger partial charge < -0.3 is 5.32 Å².